The van der Waals surface area contributed by atoms with E-state index in [4.69, 9.17) is 9.16 Å². The number of hydrogen-bond donors (Lipinski definition) is 1. The molecule has 0 aliphatic rings. The first-order valence-electron chi connectivity index (χ1n) is 11.7. The molecule has 32 heavy (non-hydrogen) atoms. The summed E-state index contributed by atoms with van der Waals surface area (Å²) in [6.45, 7) is 16.9. The molecule has 3 atom stereocenters. The maximum Gasteiger partial charge on any atom is 0.191 e. The number of rotatable bonds is 13. The van der Waals surface area contributed by atoms with Crippen molar-refractivity contribution < 1.29 is 14.3 Å². The first kappa shape index (κ1) is 26.5. The Hall–Kier alpha value is -1.72. The van der Waals surface area contributed by atoms with Crippen molar-refractivity contribution >= 4 is 8.32 Å². The molecule has 4 heteroatoms. The van der Waals surface area contributed by atoms with Gasteiger partial charge in [-0.15, -0.1) is 6.58 Å². The zero-order valence-corrected chi connectivity index (χ0v) is 21.6. The van der Waals surface area contributed by atoms with E-state index < -0.39 is 14.4 Å². The van der Waals surface area contributed by atoms with Crippen LogP contribution in [0.25, 0.3) is 0 Å². The molecule has 0 saturated heterocycles. The van der Waals surface area contributed by atoms with Crippen LogP contribution in [-0.4, -0.2) is 32.7 Å². The minimum absolute atomic E-state index is 0.00385. The quantitative estimate of drug-likeness (QED) is 0.202. The Morgan fingerprint density at radius 3 is 2.16 bits per heavy atom. The summed E-state index contributed by atoms with van der Waals surface area (Å²) >= 11 is 0. The summed E-state index contributed by atoms with van der Waals surface area (Å²) in [6.07, 6.45) is 2.86. The fraction of sp³-hybridized carbons (Fsp3) is 0.500. The second-order valence-electron chi connectivity index (χ2n) is 10.2. The average Bonchev–Trinajstić information content (AvgIpc) is 2.77. The van der Waals surface area contributed by atoms with E-state index in [1.165, 1.54) is 0 Å². The highest BCUT2D eigenvalue weighted by atomic mass is 28.4. The second kappa shape index (κ2) is 12.5. The molecule has 2 aromatic rings. The van der Waals surface area contributed by atoms with Crippen LogP contribution in [0.3, 0.4) is 0 Å². The SMILES string of the molecule is C=CC[C@@H](c1ccccc1)[C@H](O)[C@H](CCOCc1ccccc1)CO[Si](C)(C)C(C)(C)C. The molecule has 0 amide bonds. The molecular formula is C28H42O3Si. The molecule has 0 aliphatic carbocycles. The van der Waals surface area contributed by atoms with E-state index in [0.717, 1.165) is 24.0 Å². The standard InChI is InChI=1S/C28H42O3Si/c1-7-14-26(24-17-12-9-13-18-24)27(29)25(22-31-32(5,6)28(2,3)4)19-20-30-21-23-15-10-8-11-16-23/h7-13,15-18,25-27,29H,1,14,19-22H2,2-6H3/t25-,26+,27-/m1/s1. The Bertz CT molecular complexity index is 783. The van der Waals surface area contributed by atoms with Gasteiger partial charge in [-0.25, -0.2) is 0 Å². The lowest BCUT2D eigenvalue weighted by atomic mass is 9.82. The number of ether oxygens (including phenoxy) is 1. The molecule has 3 nitrogen and oxygen atoms in total. The molecule has 0 radical (unpaired) electrons. The van der Waals surface area contributed by atoms with Crippen molar-refractivity contribution in [1.29, 1.82) is 0 Å². The van der Waals surface area contributed by atoms with Crippen molar-refractivity contribution in [2.75, 3.05) is 13.2 Å². The summed E-state index contributed by atoms with van der Waals surface area (Å²) in [5, 5.41) is 11.6. The molecule has 0 saturated carbocycles. The van der Waals surface area contributed by atoms with E-state index in [1.807, 2.05) is 42.5 Å². The Kier molecular flexibility index (Phi) is 10.4. The molecular weight excluding hydrogens is 412 g/mol. The van der Waals surface area contributed by atoms with Crippen LogP contribution in [0, 0.1) is 5.92 Å². The van der Waals surface area contributed by atoms with Crippen molar-refractivity contribution in [1.82, 2.24) is 0 Å². The van der Waals surface area contributed by atoms with Crippen molar-refractivity contribution in [2.45, 2.75) is 70.4 Å². The van der Waals surface area contributed by atoms with E-state index in [0.29, 0.717) is 19.8 Å². The monoisotopic (exact) mass is 454 g/mol. The third-order valence-electron chi connectivity index (χ3n) is 6.75. The molecule has 176 valence electrons. The van der Waals surface area contributed by atoms with Gasteiger partial charge in [0.25, 0.3) is 0 Å². The van der Waals surface area contributed by atoms with Gasteiger partial charge in [-0.3, -0.25) is 0 Å². The van der Waals surface area contributed by atoms with E-state index in [2.05, 4.69) is 64.7 Å². The molecule has 0 aliphatic heterocycles. The topological polar surface area (TPSA) is 38.7 Å². The number of aliphatic hydroxyl groups is 1. The zero-order chi connectivity index (χ0) is 23.6. The molecule has 0 spiro atoms. The predicted octanol–water partition coefficient (Wildman–Crippen LogP) is 6.95. The minimum Gasteiger partial charge on any atom is -0.416 e. The van der Waals surface area contributed by atoms with Crippen LogP contribution >= 0.6 is 0 Å². The van der Waals surface area contributed by atoms with Crippen LogP contribution in [-0.2, 0) is 15.8 Å². The first-order chi connectivity index (χ1) is 15.2. The van der Waals surface area contributed by atoms with Crippen LogP contribution in [0.4, 0.5) is 0 Å². The Balaban J connectivity index is 2.10. The molecule has 1 N–H and O–H groups in total. The number of allylic oxidation sites excluding steroid dienone is 1. The van der Waals surface area contributed by atoms with E-state index >= 15 is 0 Å². The van der Waals surface area contributed by atoms with Gasteiger partial charge in [0.2, 0.25) is 0 Å². The van der Waals surface area contributed by atoms with Gasteiger partial charge < -0.3 is 14.3 Å². The Morgan fingerprint density at radius 1 is 1.00 bits per heavy atom. The third kappa shape index (κ3) is 8.00. The minimum atomic E-state index is -1.92. The third-order valence-corrected chi connectivity index (χ3v) is 11.3. The lowest BCUT2D eigenvalue weighted by Crippen LogP contribution is -2.44. The molecule has 0 heterocycles. The van der Waals surface area contributed by atoms with Crippen LogP contribution in [0.1, 0.15) is 50.7 Å². The number of aliphatic hydroxyl groups excluding tert-OH is 1. The fourth-order valence-electron chi connectivity index (χ4n) is 3.56. The highest BCUT2D eigenvalue weighted by Gasteiger charge is 2.38. The van der Waals surface area contributed by atoms with E-state index in [1.54, 1.807) is 0 Å². The second-order valence-corrected chi connectivity index (χ2v) is 15.0. The van der Waals surface area contributed by atoms with Crippen LogP contribution < -0.4 is 0 Å². The van der Waals surface area contributed by atoms with Crippen molar-refractivity contribution in [3.63, 3.8) is 0 Å². The normalized spacial score (nSPS) is 15.2. The van der Waals surface area contributed by atoms with Crippen molar-refractivity contribution in [2.24, 2.45) is 5.92 Å². The highest BCUT2D eigenvalue weighted by molar-refractivity contribution is 6.74. The molecule has 0 bridgehead atoms. The van der Waals surface area contributed by atoms with Gasteiger partial charge in [-0.2, -0.15) is 0 Å². The average molecular weight is 455 g/mol. The number of benzene rings is 2. The molecule has 2 rings (SSSR count). The summed E-state index contributed by atoms with van der Waals surface area (Å²) in [7, 11) is -1.92. The fourth-order valence-corrected chi connectivity index (χ4v) is 4.63. The van der Waals surface area contributed by atoms with Crippen molar-refractivity contribution in [3.05, 3.63) is 84.4 Å². The largest absolute Gasteiger partial charge is 0.416 e. The maximum absolute atomic E-state index is 11.5. The van der Waals surface area contributed by atoms with Crippen LogP contribution in [0.15, 0.2) is 73.3 Å². The number of hydrogen-bond acceptors (Lipinski definition) is 3. The van der Waals surface area contributed by atoms with Crippen LogP contribution in [0.5, 0.6) is 0 Å². The van der Waals surface area contributed by atoms with Gasteiger partial charge >= 0.3 is 0 Å². The summed E-state index contributed by atoms with van der Waals surface area (Å²) < 4.78 is 12.5. The van der Waals surface area contributed by atoms with Gasteiger partial charge in [0.1, 0.15) is 0 Å². The van der Waals surface area contributed by atoms with Gasteiger partial charge in [0.05, 0.1) is 12.7 Å². The zero-order valence-electron chi connectivity index (χ0n) is 20.6. The van der Waals surface area contributed by atoms with Gasteiger partial charge in [-0.05, 0) is 42.1 Å². The smallest absolute Gasteiger partial charge is 0.191 e. The first-order valence-corrected chi connectivity index (χ1v) is 14.7. The summed E-state index contributed by atoms with van der Waals surface area (Å²) in [4.78, 5) is 0. The Labute approximate surface area is 196 Å². The molecule has 0 aromatic heterocycles. The van der Waals surface area contributed by atoms with E-state index in [9.17, 15) is 5.11 Å². The van der Waals surface area contributed by atoms with Crippen molar-refractivity contribution in [3.8, 4) is 0 Å². The summed E-state index contributed by atoms with van der Waals surface area (Å²) in [6, 6.07) is 20.5. The molecule has 0 unspecified atom stereocenters. The summed E-state index contributed by atoms with van der Waals surface area (Å²) in [5.74, 6) is -0.0131. The molecule has 0 fully saturated rings. The van der Waals surface area contributed by atoms with E-state index in [-0.39, 0.29) is 16.9 Å². The van der Waals surface area contributed by atoms with Gasteiger partial charge in [-0.1, -0.05) is 87.5 Å². The maximum atomic E-state index is 11.5. The summed E-state index contributed by atoms with van der Waals surface area (Å²) in [5.41, 5.74) is 2.30. The van der Waals surface area contributed by atoms with Crippen LogP contribution in [0.2, 0.25) is 18.1 Å². The van der Waals surface area contributed by atoms with Gasteiger partial charge in [0.15, 0.2) is 8.32 Å². The lowest BCUT2D eigenvalue weighted by Gasteiger charge is -2.39. The molecule has 2 aromatic carbocycles. The highest BCUT2D eigenvalue weighted by Crippen LogP contribution is 2.38. The lowest BCUT2D eigenvalue weighted by molar-refractivity contribution is 0.0216. The predicted molar refractivity (Wildman–Crippen MR) is 137 cm³/mol. The Morgan fingerprint density at radius 2 is 1.59 bits per heavy atom. The van der Waals surface area contributed by atoms with Gasteiger partial charge in [0, 0.05) is 25.0 Å².